The molecule has 1 aromatic carbocycles. The molecule has 0 amide bonds. The average molecular weight is 450 g/mol. The Labute approximate surface area is 189 Å². The minimum atomic E-state index is 0.226. The molecule has 0 bridgehead atoms. The van der Waals surface area contributed by atoms with Gasteiger partial charge in [0.1, 0.15) is 17.3 Å². The summed E-state index contributed by atoms with van der Waals surface area (Å²) in [6, 6.07) is 10.8. The highest BCUT2D eigenvalue weighted by atomic mass is 32.2. The zero-order valence-electron chi connectivity index (χ0n) is 17.6. The van der Waals surface area contributed by atoms with Crippen molar-refractivity contribution >= 4 is 35.1 Å². The van der Waals surface area contributed by atoms with E-state index >= 15 is 0 Å². The van der Waals surface area contributed by atoms with Gasteiger partial charge in [0.05, 0.1) is 12.8 Å². The van der Waals surface area contributed by atoms with Crippen LogP contribution >= 0.6 is 11.8 Å². The highest BCUT2D eigenvalue weighted by Crippen LogP contribution is 2.28. The second-order valence-corrected chi connectivity index (χ2v) is 8.64. The number of aromatic nitrogens is 3. The van der Waals surface area contributed by atoms with Crippen molar-refractivity contribution in [3.63, 3.8) is 0 Å². The summed E-state index contributed by atoms with van der Waals surface area (Å²) in [5.41, 5.74) is 1.00. The van der Waals surface area contributed by atoms with Gasteiger partial charge in [-0.1, -0.05) is 0 Å². The fourth-order valence-electron chi connectivity index (χ4n) is 3.44. The van der Waals surface area contributed by atoms with Crippen molar-refractivity contribution in [1.82, 2.24) is 19.9 Å². The van der Waals surface area contributed by atoms with Gasteiger partial charge in [0.25, 0.3) is 0 Å². The fourth-order valence-corrected chi connectivity index (χ4v) is 4.18. The van der Waals surface area contributed by atoms with Crippen LogP contribution in [0.3, 0.4) is 0 Å². The third kappa shape index (κ3) is 4.76. The van der Waals surface area contributed by atoms with Gasteiger partial charge in [-0.05, 0) is 61.3 Å². The van der Waals surface area contributed by atoms with E-state index in [0.29, 0.717) is 29.4 Å². The number of phenolic OH excluding ortho intramolecular Hbond substituents is 1. The first-order chi connectivity index (χ1) is 15.6. The molecule has 0 aliphatic carbocycles. The summed E-state index contributed by atoms with van der Waals surface area (Å²) in [6.07, 6.45) is 3.60. The number of amidine groups is 1. The predicted octanol–water partition coefficient (Wildman–Crippen LogP) is 2.98. The molecule has 0 saturated carbocycles. The van der Waals surface area contributed by atoms with Crippen LogP contribution in [0.5, 0.6) is 5.75 Å². The molecule has 3 aromatic rings. The molecule has 2 aliphatic rings. The number of benzene rings is 1. The lowest BCUT2D eigenvalue weighted by atomic mass is 10.2. The molecule has 0 spiro atoms. The minimum Gasteiger partial charge on any atom is -0.508 e. The molecule has 1 saturated heterocycles. The molecular formula is C22H23N7O2S. The van der Waals surface area contributed by atoms with Crippen LogP contribution in [0, 0.1) is 0 Å². The van der Waals surface area contributed by atoms with E-state index in [9.17, 15) is 5.11 Å². The van der Waals surface area contributed by atoms with Crippen LogP contribution < -0.4 is 10.2 Å². The molecular weight excluding hydrogens is 426 g/mol. The van der Waals surface area contributed by atoms with Gasteiger partial charge in [0.2, 0.25) is 11.9 Å². The summed E-state index contributed by atoms with van der Waals surface area (Å²) in [5.74, 6) is 2.82. The molecule has 4 heterocycles. The third-order valence-corrected chi connectivity index (χ3v) is 6.12. The zero-order chi connectivity index (χ0) is 21.9. The summed E-state index contributed by atoms with van der Waals surface area (Å²) < 4.78 is 5.47. The summed E-state index contributed by atoms with van der Waals surface area (Å²) in [4.78, 5) is 23.9. The number of hydrogen-bond acceptors (Lipinski definition) is 10. The van der Waals surface area contributed by atoms with Crippen molar-refractivity contribution in [3.8, 4) is 5.75 Å². The number of piperazine rings is 1. The van der Waals surface area contributed by atoms with E-state index in [2.05, 4.69) is 37.1 Å². The largest absolute Gasteiger partial charge is 0.508 e. The van der Waals surface area contributed by atoms with Gasteiger partial charge in [-0.3, -0.25) is 4.99 Å². The van der Waals surface area contributed by atoms with Crippen LogP contribution in [-0.4, -0.2) is 70.6 Å². The average Bonchev–Trinajstić information content (AvgIpc) is 3.48. The normalized spacial score (nSPS) is 16.7. The maximum absolute atomic E-state index is 9.56. The lowest BCUT2D eigenvalue weighted by molar-refractivity contribution is 0.311. The minimum absolute atomic E-state index is 0.226. The second-order valence-electron chi connectivity index (χ2n) is 7.60. The Balaban J connectivity index is 1.40. The molecule has 0 atom stereocenters. The topological polar surface area (TPSA) is 103 Å². The number of hydrogen-bond donors (Lipinski definition) is 2. The van der Waals surface area contributed by atoms with Gasteiger partial charge in [-0.25, -0.2) is 0 Å². The first kappa shape index (κ1) is 20.5. The molecule has 2 N–H and O–H groups in total. The number of phenols is 1. The number of nitrogens with one attached hydrogen (secondary N) is 1. The van der Waals surface area contributed by atoms with Gasteiger partial charge in [0, 0.05) is 36.6 Å². The summed E-state index contributed by atoms with van der Waals surface area (Å²) >= 11 is 1.42. The summed E-state index contributed by atoms with van der Waals surface area (Å²) in [6.45, 7) is 4.16. The van der Waals surface area contributed by atoms with E-state index in [0.717, 1.165) is 42.4 Å². The van der Waals surface area contributed by atoms with Crippen LogP contribution in [0.2, 0.25) is 0 Å². The van der Waals surface area contributed by atoms with Crippen LogP contribution in [0.15, 0.2) is 68.2 Å². The van der Waals surface area contributed by atoms with E-state index in [4.69, 9.17) is 9.40 Å². The molecule has 10 heteroatoms. The van der Waals surface area contributed by atoms with Gasteiger partial charge in [0.15, 0.2) is 5.16 Å². The Bertz CT molecular complexity index is 1140. The smallest absolute Gasteiger partial charge is 0.234 e. The lowest BCUT2D eigenvalue weighted by Gasteiger charge is -2.32. The molecule has 9 nitrogen and oxygen atoms in total. The highest BCUT2D eigenvalue weighted by molar-refractivity contribution is 7.99. The lowest BCUT2D eigenvalue weighted by Crippen LogP contribution is -2.45. The summed E-state index contributed by atoms with van der Waals surface area (Å²) in [5, 5.41) is 13.4. The number of likely N-dealkylation sites (N-methyl/N-ethyl adjacent to an activating group) is 1. The quantitative estimate of drug-likeness (QED) is 0.608. The molecule has 2 aromatic heterocycles. The van der Waals surface area contributed by atoms with Gasteiger partial charge >= 0.3 is 0 Å². The zero-order valence-corrected chi connectivity index (χ0v) is 18.4. The third-order valence-electron chi connectivity index (χ3n) is 5.24. The van der Waals surface area contributed by atoms with E-state index in [1.165, 1.54) is 11.8 Å². The number of anilines is 2. The maximum atomic E-state index is 9.56. The first-order valence-electron chi connectivity index (χ1n) is 10.3. The Kier molecular flexibility index (Phi) is 5.78. The SMILES string of the molecule is CN1CCN(c2nc(NC3=NCC(c4ccco4)=C3)nc(Sc3ccc(O)cc3)n2)CC1. The second kappa shape index (κ2) is 9.01. The molecule has 0 unspecified atom stereocenters. The number of nitrogens with zero attached hydrogens (tertiary/aromatic N) is 6. The van der Waals surface area contributed by atoms with Gasteiger partial charge in [-0.15, -0.1) is 0 Å². The van der Waals surface area contributed by atoms with Crippen LogP contribution in [-0.2, 0) is 0 Å². The maximum Gasteiger partial charge on any atom is 0.234 e. The molecule has 0 radical (unpaired) electrons. The van der Waals surface area contributed by atoms with E-state index < -0.39 is 0 Å². The van der Waals surface area contributed by atoms with Crippen molar-refractivity contribution in [2.45, 2.75) is 10.1 Å². The van der Waals surface area contributed by atoms with Crippen LogP contribution in [0.25, 0.3) is 5.57 Å². The molecule has 2 aliphatic heterocycles. The number of aromatic hydroxyl groups is 1. The molecule has 164 valence electrons. The van der Waals surface area contributed by atoms with Crippen molar-refractivity contribution < 1.29 is 9.52 Å². The van der Waals surface area contributed by atoms with Crippen molar-refractivity contribution in [3.05, 3.63) is 54.5 Å². The highest BCUT2D eigenvalue weighted by Gasteiger charge is 2.20. The monoisotopic (exact) mass is 449 g/mol. The van der Waals surface area contributed by atoms with Crippen molar-refractivity contribution in [1.29, 1.82) is 0 Å². The number of furan rings is 1. The van der Waals surface area contributed by atoms with Crippen LogP contribution in [0.4, 0.5) is 11.9 Å². The Hall–Kier alpha value is -3.37. The van der Waals surface area contributed by atoms with Crippen molar-refractivity contribution in [2.24, 2.45) is 4.99 Å². The number of rotatable bonds is 5. The fraction of sp³-hybridized carbons (Fsp3) is 0.273. The van der Waals surface area contributed by atoms with Crippen LogP contribution in [0.1, 0.15) is 5.76 Å². The van der Waals surface area contributed by atoms with Crippen molar-refractivity contribution in [2.75, 3.05) is 50.0 Å². The van der Waals surface area contributed by atoms with Gasteiger partial charge < -0.3 is 24.6 Å². The van der Waals surface area contributed by atoms with E-state index in [1.54, 1.807) is 18.4 Å². The number of aliphatic imine (C=N–C) groups is 1. The molecule has 32 heavy (non-hydrogen) atoms. The Morgan fingerprint density at radius 1 is 1.03 bits per heavy atom. The Morgan fingerprint density at radius 2 is 1.84 bits per heavy atom. The summed E-state index contributed by atoms with van der Waals surface area (Å²) in [7, 11) is 2.12. The Morgan fingerprint density at radius 3 is 2.59 bits per heavy atom. The molecule has 5 rings (SSSR count). The van der Waals surface area contributed by atoms with E-state index in [-0.39, 0.29) is 5.75 Å². The first-order valence-corrected chi connectivity index (χ1v) is 11.2. The van der Waals surface area contributed by atoms with E-state index in [1.807, 2.05) is 30.3 Å². The van der Waals surface area contributed by atoms with Gasteiger partial charge in [-0.2, -0.15) is 15.0 Å². The standard InChI is InChI=1S/C22H23N7O2S/c1-28-8-10-29(11-9-28)21-25-20(24-19-13-15(14-23-19)18-3-2-12-31-18)26-22(27-21)32-17-6-4-16(30)5-7-17/h2-7,12-13,30H,8-11,14H2,1H3,(H,23,24,25,26,27). The predicted molar refractivity (Wildman–Crippen MR) is 124 cm³/mol. The molecule has 1 fully saturated rings.